The highest BCUT2D eigenvalue weighted by atomic mass is 16.2. The number of carbonyl (C=O) groups is 1. The fourth-order valence-corrected chi connectivity index (χ4v) is 4.26. The summed E-state index contributed by atoms with van der Waals surface area (Å²) in [5.41, 5.74) is 4.54. The Balaban J connectivity index is 1.30. The molecule has 2 aliphatic rings. The molecule has 0 unspecified atom stereocenters. The Kier molecular flexibility index (Phi) is 4.79. The Morgan fingerprint density at radius 1 is 1.14 bits per heavy atom. The minimum Gasteiger partial charge on any atom is -0.348 e. The van der Waals surface area contributed by atoms with Gasteiger partial charge in [-0.1, -0.05) is 6.07 Å². The normalized spacial score (nSPS) is 18.2. The lowest BCUT2D eigenvalue weighted by Crippen LogP contribution is -2.45. The molecule has 150 valence electrons. The van der Waals surface area contributed by atoms with Crippen molar-refractivity contribution in [2.24, 2.45) is 5.92 Å². The number of aromatic nitrogens is 3. The van der Waals surface area contributed by atoms with Gasteiger partial charge in [-0.25, -0.2) is 0 Å². The molecule has 0 radical (unpaired) electrons. The Bertz CT molecular complexity index is 1030. The van der Waals surface area contributed by atoms with Gasteiger partial charge in [-0.3, -0.25) is 14.9 Å². The Morgan fingerprint density at radius 2 is 1.97 bits per heavy atom. The zero-order valence-electron chi connectivity index (χ0n) is 16.8. The molecule has 1 aromatic carbocycles. The van der Waals surface area contributed by atoms with Crippen LogP contribution in [0.4, 0.5) is 0 Å². The van der Waals surface area contributed by atoms with Crippen molar-refractivity contribution in [1.82, 2.24) is 25.4 Å². The molecule has 0 atom stereocenters. The summed E-state index contributed by atoms with van der Waals surface area (Å²) in [5.74, 6) is 0.839. The molecule has 0 bridgehead atoms. The smallest absolute Gasteiger partial charge is 0.272 e. The van der Waals surface area contributed by atoms with Crippen molar-refractivity contribution in [2.45, 2.75) is 38.6 Å². The van der Waals surface area contributed by atoms with Crippen molar-refractivity contribution in [3.8, 4) is 11.1 Å². The summed E-state index contributed by atoms with van der Waals surface area (Å²) in [7, 11) is 0. The third-order valence-corrected chi connectivity index (χ3v) is 6.12. The van der Waals surface area contributed by atoms with E-state index in [1.807, 2.05) is 37.5 Å². The van der Waals surface area contributed by atoms with E-state index in [0.29, 0.717) is 5.69 Å². The lowest BCUT2D eigenvalue weighted by Gasteiger charge is -2.32. The molecular weight excluding hydrogens is 362 g/mol. The van der Waals surface area contributed by atoms with E-state index in [2.05, 4.69) is 31.5 Å². The van der Waals surface area contributed by atoms with Crippen molar-refractivity contribution in [3.05, 3.63) is 47.9 Å². The summed E-state index contributed by atoms with van der Waals surface area (Å²) in [6.07, 6.45) is 8.51. The highest BCUT2D eigenvalue weighted by molar-refractivity contribution is 6.05. The number of H-pyrrole nitrogens is 1. The van der Waals surface area contributed by atoms with Crippen molar-refractivity contribution < 1.29 is 4.79 Å². The first-order valence-corrected chi connectivity index (χ1v) is 10.6. The second-order valence-corrected chi connectivity index (χ2v) is 8.58. The van der Waals surface area contributed by atoms with Crippen LogP contribution in [0.5, 0.6) is 0 Å². The van der Waals surface area contributed by atoms with Crippen LogP contribution < -0.4 is 5.32 Å². The van der Waals surface area contributed by atoms with Crippen molar-refractivity contribution in [2.75, 3.05) is 19.6 Å². The predicted molar refractivity (Wildman–Crippen MR) is 114 cm³/mol. The summed E-state index contributed by atoms with van der Waals surface area (Å²) in [6.45, 7) is 5.42. The van der Waals surface area contributed by atoms with Crippen molar-refractivity contribution in [1.29, 1.82) is 0 Å². The maximum absolute atomic E-state index is 12.9. The van der Waals surface area contributed by atoms with Gasteiger partial charge in [0.05, 0.1) is 5.52 Å². The van der Waals surface area contributed by atoms with Gasteiger partial charge in [0.1, 0.15) is 0 Å². The SMILES string of the molecule is Cc1cncc(-c2ccc3[nH]nc(C(=O)NC4CCN(CC5CC5)CC4)c3c2)c1. The third kappa shape index (κ3) is 4.03. The molecule has 1 saturated carbocycles. The molecule has 1 amide bonds. The Morgan fingerprint density at radius 3 is 2.72 bits per heavy atom. The van der Waals surface area contributed by atoms with Gasteiger partial charge in [0.15, 0.2) is 5.69 Å². The topological polar surface area (TPSA) is 73.9 Å². The van der Waals surface area contributed by atoms with Gasteiger partial charge in [-0.05, 0) is 67.9 Å². The number of nitrogens with one attached hydrogen (secondary N) is 2. The number of fused-ring (bicyclic) bond motifs is 1. The van der Waals surface area contributed by atoms with Crippen LogP contribution in [0.15, 0.2) is 36.7 Å². The van der Waals surface area contributed by atoms with E-state index >= 15 is 0 Å². The number of rotatable bonds is 5. The number of hydrogen-bond acceptors (Lipinski definition) is 4. The van der Waals surface area contributed by atoms with Crippen LogP contribution in [0.25, 0.3) is 22.0 Å². The Hall–Kier alpha value is -2.73. The van der Waals surface area contributed by atoms with Gasteiger partial charge >= 0.3 is 0 Å². The molecule has 2 fully saturated rings. The maximum atomic E-state index is 12.9. The molecule has 3 heterocycles. The van der Waals surface area contributed by atoms with Crippen LogP contribution in [0.2, 0.25) is 0 Å². The first kappa shape index (κ1) is 18.3. The number of piperidine rings is 1. The second kappa shape index (κ2) is 7.59. The largest absolute Gasteiger partial charge is 0.348 e. The van der Waals surface area contributed by atoms with Crippen molar-refractivity contribution in [3.63, 3.8) is 0 Å². The molecule has 1 aliphatic carbocycles. The fraction of sp³-hybridized carbons (Fsp3) is 0.435. The molecule has 6 nitrogen and oxygen atoms in total. The maximum Gasteiger partial charge on any atom is 0.272 e. The number of benzene rings is 1. The van der Waals surface area contributed by atoms with Crippen LogP contribution >= 0.6 is 0 Å². The van der Waals surface area contributed by atoms with E-state index in [-0.39, 0.29) is 11.9 Å². The van der Waals surface area contributed by atoms with E-state index in [1.54, 1.807) is 0 Å². The molecule has 1 saturated heterocycles. The highest BCUT2D eigenvalue weighted by Crippen LogP contribution is 2.30. The number of aromatic amines is 1. The molecule has 2 N–H and O–H groups in total. The van der Waals surface area contributed by atoms with E-state index in [9.17, 15) is 4.79 Å². The van der Waals surface area contributed by atoms with E-state index in [1.165, 1.54) is 19.4 Å². The zero-order valence-corrected chi connectivity index (χ0v) is 16.8. The van der Waals surface area contributed by atoms with E-state index in [4.69, 9.17) is 0 Å². The number of likely N-dealkylation sites (tertiary alicyclic amines) is 1. The minimum absolute atomic E-state index is 0.0867. The highest BCUT2D eigenvalue weighted by Gasteiger charge is 2.28. The van der Waals surface area contributed by atoms with E-state index in [0.717, 1.165) is 59.4 Å². The van der Waals surface area contributed by atoms with Gasteiger partial charge in [-0.15, -0.1) is 0 Å². The molecule has 3 aromatic rings. The van der Waals surface area contributed by atoms with Crippen LogP contribution in [-0.2, 0) is 0 Å². The molecule has 1 aliphatic heterocycles. The Labute approximate surface area is 170 Å². The summed E-state index contributed by atoms with van der Waals surface area (Å²) in [6, 6.07) is 8.38. The van der Waals surface area contributed by atoms with Crippen LogP contribution in [0.1, 0.15) is 41.7 Å². The number of aryl methyl sites for hydroxylation is 1. The zero-order chi connectivity index (χ0) is 19.8. The average molecular weight is 390 g/mol. The first-order valence-electron chi connectivity index (χ1n) is 10.6. The third-order valence-electron chi connectivity index (χ3n) is 6.12. The lowest BCUT2D eigenvalue weighted by atomic mass is 10.0. The number of nitrogens with zero attached hydrogens (tertiary/aromatic N) is 3. The van der Waals surface area contributed by atoms with Gasteiger partial charge in [-0.2, -0.15) is 5.10 Å². The van der Waals surface area contributed by atoms with Gasteiger partial charge in [0.2, 0.25) is 0 Å². The van der Waals surface area contributed by atoms with Crippen LogP contribution in [-0.4, -0.2) is 51.7 Å². The number of amides is 1. The summed E-state index contributed by atoms with van der Waals surface area (Å²) >= 11 is 0. The summed E-state index contributed by atoms with van der Waals surface area (Å²) in [4.78, 5) is 19.8. The van der Waals surface area contributed by atoms with E-state index < -0.39 is 0 Å². The van der Waals surface area contributed by atoms with Crippen LogP contribution in [0, 0.1) is 12.8 Å². The molecule has 6 heteroatoms. The first-order chi connectivity index (χ1) is 14.2. The lowest BCUT2D eigenvalue weighted by molar-refractivity contribution is 0.0906. The summed E-state index contributed by atoms with van der Waals surface area (Å²) < 4.78 is 0. The monoisotopic (exact) mass is 389 g/mol. The quantitative estimate of drug-likeness (QED) is 0.700. The van der Waals surface area contributed by atoms with Gasteiger partial charge in [0, 0.05) is 49.0 Å². The number of pyridine rings is 1. The molecule has 2 aromatic heterocycles. The number of hydrogen-bond donors (Lipinski definition) is 2. The molecular formula is C23H27N5O. The van der Waals surface area contributed by atoms with Gasteiger partial charge in [0.25, 0.3) is 5.91 Å². The van der Waals surface area contributed by atoms with Crippen LogP contribution in [0.3, 0.4) is 0 Å². The fourth-order valence-electron chi connectivity index (χ4n) is 4.26. The molecule has 0 spiro atoms. The number of carbonyl (C=O) groups excluding carboxylic acids is 1. The minimum atomic E-state index is -0.0867. The predicted octanol–water partition coefficient (Wildman–Crippen LogP) is 3.54. The van der Waals surface area contributed by atoms with Gasteiger partial charge < -0.3 is 10.2 Å². The summed E-state index contributed by atoms with van der Waals surface area (Å²) in [5, 5.41) is 11.4. The standard InChI is InChI=1S/C23H27N5O/c1-15-10-18(13-24-12-15)17-4-5-21-20(11-17)22(27-26-21)23(29)25-19-6-8-28(9-7-19)14-16-2-3-16/h4-5,10-13,16,19H,2-3,6-9,14H2,1H3,(H,25,29)(H,26,27). The average Bonchev–Trinajstić information content (AvgIpc) is 3.44. The molecule has 5 rings (SSSR count). The van der Waals surface area contributed by atoms with Crippen molar-refractivity contribution >= 4 is 16.8 Å². The second-order valence-electron chi connectivity index (χ2n) is 8.58. The molecule has 29 heavy (non-hydrogen) atoms.